The molecule has 1 N–H and O–H groups in total. The van der Waals surface area contributed by atoms with Gasteiger partial charge in [-0.25, -0.2) is 4.98 Å². The zero-order valence-electron chi connectivity index (χ0n) is 12.9. The maximum absolute atomic E-state index is 9.59. The number of carbonyl (C=O) groups excluding carboxylic acids is 1. The van der Waals surface area contributed by atoms with E-state index in [0.29, 0.717) is 6.04 Å². The minimum absolute atomic E-state index is 0.245. The second-order valence-corrected chi connectivity index (χ2v) is 5.20. The number of hydrogen-bond donors (Lipinski definition) is 1. The first kappa shape index (κ1) is 15.4. The van der Waals surface area contributed by atoms with Crippen LogP contribution in [-0.4, -0.2) is 29.7 Å². The molecule has 1 saturated carbocycles. The van der Waals surface area contributed by atoms with E-state index >= 15 is 0 Å². The van der Waals surface area contributed by atoms with E-state index in [1.54, 1.807) is 0 Å². The van der Waals surface area contributed by atoms with E-state index in [-0.39, 0.29) is 5.97 Å². The number of carbonyl (C=O) groups is 1. The van der Waals surface area contributed by atoms with Gasteiger partial charge in [-0.1, -0.05) is 12.8 Å². The molecule has 2 aromatic heterocycles. The molecule has 2 heterocycles. The van der Waals surface area contributed by atoms with E-state index in [9.17, 15) is 4.79 Å². The standard InChI is InChI=1S/C13H17N3.C3H6O2/c1-14-13-11-7-9-16(10-4-2-3-5-10)12(11)6-8-15-13;1-3(4)5-2/h6-10H,2-5H2,1H3,(H,14,15);1-2H3. The fourth-order valence-corrected chi connectivity index (χ4v) is 2.79. The first-order chi connectivity index (χ1) is 10.2. The van der Waals surface area contributed by atoms with E-state index in [2.05, 4.69) is 37.9 Å². The maximum atomic E-state index is 9.59. The van der Waals surface area contributed by atoms with Crippen molar-refractivity contribution in [3.05, 3.63) is 24.5 Å². The molecule has 0 spiro atoms. The van der Waals surface area contributed by atoms with Crippen LogP contribution < -0.4 is 5.32 Å². The molecule has 0 aromatic carbocycles. The molecule has 0 atom stereocenters. The summed E-state index contributed by atoms with van der Waals surface area (Å²) in [7, 11) is 3.27. The van der Waals surface area contributed by atoms with Crippen LogP contribution >= 0.6 is 0 Å². The van der Waals surface area contributed by atoms with Crippen LogP contribution in [-0.2, 0) is 9.53 Å². The Hall–Kier alpha value is -2.04. The summed E-state index contributed by atoms with van der Waals surface area (Å²) >= 11 is 0. The Labute approximate surface area is 125 Å². The molecule has 0 radical (unpaired) electrons. The summed E-state index contributed by atoms with van der Waals surface area (Å²) in [6, 6.07) is 4.99. The number of methoxy groups -OCH3 is 1. The van der Waals surface area contributed by atoms with Gasteiger partial charge in [-0.15, -0.1) is 0 Å². The Kier molecular flexibility index (Phi) is 5.20. The largest absolute Gasteiger partial charge is 0.469 e. The molecule has 0 unspecified atom stereocenters. The Bertz CT molecular complexity index is 601. The van der Waals surface area contributed by atoms with Crippen LogP contribution in [0, 0.1) is 0 Å². The summed E-state index contributed by atoms with van der Waals surface area (Å²) in [6.07, 6.45) is 9.48. The van der Waals surface area contributed by atoms with Crippen LogP contribution in [0.1, 0.15) is 38.6 Å². The summed E-state index contributed by atoms with van der Waals surface area (Å²) in [6.45, 7) is 1.36. The van der Waals surface area contributed by atoms with Gasteiger partial charge in [0.05, 0.1) is 12.6 Å². The Morgan fingerprint density at radius 1 is 1.38 bits per heavy atom. The van der Waals surface area contributed by atoms with Crippen LogP contribution in [0.15, 0.2) is 24.5 Å². The zero-order chi connectivity index (χ0) is 15.2. The average molecular weight is 289 g/mol. The predicted molar refractivity (Wildman–Crippen MR) is 84.5 cm³/mol. The van der Waals surface area contributed by atoms with Crippen molar-refractivity contribution in [2.45, 2.75) is 38.6 Å². The zero-order valence-corrected chi connectivity index (χ0v) is 12.9. The lowest BCUT2D eigenvalue weighted by molar-refractivity contribution is -0.137. The Morgan fingerprint density at radius 3 is 2.62 bits per heavy atom. The normalized spacial score (nSPS) is 14.6. The Morgan fingerprint density at radius 2 is 2.05 bits per heavy atom. The highest BCUT2D eigenvalue weighted by Gasteiger charge is 2.18. The molecule has 5 nitrogen and oxygen atoms in total. The molecule has 21 heavy (non-hydrogen) atoms. The third-order valence-electron chi connectivity index (χ3n) is 3.89. The van der Waals surface area contributed by atoms with Crippen molar-refractivity contribution < 1.29 is 9.53 Å². The van der Waals surface area contributed by atoms with Crippen molar-refractivity contribution in [1.82, 2.24) is 9.55 Å². The van der Waals surface area contributed by atoms with E-state index in [4.69, 9.17) is 0 Å². The number of ether oxygens (including phenoxy) is 1. The monoisotopic (exact) mass is 289 g/mol. The number of nitrogens with one attached hydrogen (secondary N) is 1. The molecular formula is C16H23N3O2. The van der Waals surface area contributed by atoms with Crippen LogP contribution in [0.4, 0.5) is 5.82 Å². The number of aromatic nitrogens is 2. The summed E-state index contributed by atoms with van der Waals surface area (Å²) in [5.74, 6) is 0.735. The average Bonchev–Trinajstić information content (AvgIpc) is 3.15. The topological polar surface area (TPSA) is 56.1 Å². The number of fused-ring (bicyclic) bond motifs is 1. The number of anilines is 1. The van der Waals surface area contributed by atoms with Gasteiger partial charge in [-0.3, -0.25) is 4.79 Å². The molecule has 5 heteroatoms. The van der Waals surface area contributed by atoms with E-state index in [1.165, 1.54) is 50.6 Å². The summed E-state index contributed by atoms with van der Waals surface area (Å²) < 4.78 is 6.53. The fourth-order valence-electron chi connectivity index (χ4n) is 2.79. The number of esters is 1. The molecule has 0 saturated heterocycles. The maximum Gasteiger partial charge on any atom is 0.302 e. The smallest absolute Gasteiger partial charge is 0.302 e. The van der Waals surface area contributed by atoms with Gasteiger partial charge in [-0.05, 0) is 25.0 Å². The summed E-state index contributed by atoms with van der Waals surface area (Å²) in [4.78, 5) is 13.9. The lowest BCUT2D eigenvalue weighted by Gasteiger charge is -2.13. The highest BCUT2D eigenvalue weighted by Crippen LogP contribution is 2.33. The van der Waals surface area contributed by atoms with Crippen molar-refractivity contribution >= 4 is 22.7 Å². The fraction of sp³-hybridized carbons (Fsp3) is 0.500. The number of rotatable bonds is 2. The molecule has 1 aliphatic rings. The van der Waals surface area contributed by atoms with Gasteiger partial charge in [-0.2, -0.15) is 0 Å². The first-order valence-electron chi connectivity index (χ1n) is 7.35. The van der Waals surface area contributed by atoms with Crippen LogP contribution in [0.25, 0.3) is 10.9 Å². The lowest BCUT2D eigenvalue weighted by Crippen LogP contribution is -2.02. The van der Waals surface area contributed by atoms with Gasteiger partial charge < -0.3 is 14.6 Å². The molecule has 3 rings (SSSR count). The second kappa shape index (κ2) is 7.11. The molecule has 114 valence electrons. The van der Waals surface area contributed by atoms with E-state index in [1.807, 2.05) is 13.2 Å². The molecular weight excluding hydrogens is 266 g/mol. The highest BCUT2D eigenvalue weighted by atomic mass is 16.5. The highest BCUT2D eigenvalue weighted by molar-refractivity contribution is 5.90. The molecule has 0 amide bonds. The van der Waals surface area contributed by atoms with Gasteiger partial charge in [0.1, 0.15) is 5.82 Å². The third-order valence-corrected chi connectivity index (χ3v) is 3.89. The quantitative estimate of drug-likeness (QED) is 0.861. The molecule has 1 aliphatic carbocycles. The van der Waals surface area contributed by atoms with Crippen LogP contribution in [0.2, 0.25) is 0 Å². The van der Waals surface area contributed by atoms with Gasteiger partial charge in [0.15, 0.2) is 0 Å². The second-order valence-electron chi connectivity index (χ2n) is 5.20. The lowest BCUT2D eigenvalue weighted by atomic mass is 10.2. The van der Waals surface area contributed by atoms with Gasteiger partial charge in [0, 0.05) is 37.8 Å². The SMILES string of the molecule is CNc1nccc2c1ccn2C1CCCC1.COC(C)=O. The van der Waals surface area contributed by atoms with Crippen LogP contribution in [0.3, 0.4) is 0 Å². The summed E-state index contributed by atoms with van der Waals surface area (Å²) in [5.41, 5.74) is 1.31. The van der Waals surface area contributed by atoms with Crippen LogP contribution in [0.5, 0.6) is 0 Å². The molecule has 0 aliphatic heterocycles. The first-order valence-corrected chi connectivity index (χ1v) is 7.35. The third kappa shape index (κ3) is 3.54. The van der Waals surface area contributed by atoms with Crippen molar-refractivity contribution in [3.63, 3.8) is 0 Å². The Balaban J connectivity index is 0.000000282. The van der Waals surface area contributed by atoms with Crippen molar-refractivity contribution in [2.75, 3.05) is 19.5 Å². The number of pyridine rings is 1. The predicted octanol–water partition coefficient (Wildman–Crippen LogP) is 3.37. The van der Waals surface area contributed by atoms with Crippen molar-refractivity contribution in [3.8, 4) is 0 Å². The molecule has 1 fully saturated rings. The van der Waals surface area contributed by atoms with Gasteiger partial charge >= 0.3 is 5.97 Å². The van der Waals surface area contributed by atoms with Crippen molar-refractivity contribution in [1.29, 1.82) is 0 Å². The minimum atomic E-state index is -0.245. The molecule has 2 aromatic rings. The summed E-state index contributed by atoms with van der Waals surface area (Å²) in [5, 5.41) is 4.38. The number of nitrogens with zero attached hydrogens (tertiary/aromatic N) is 2. The minimum Gasteiger partial charge on any atom is -0.469 e. The van der Waals surface area contributed by atoms with Gasteiger partial charge in [0.25, 0.3) is 0 Å². The van der Waals surface area contributed by atoms with Crippen molar-refractivity contribution in [2.24, 2.45) is 0 Å². The van der Waals surface area contributed by atoms with E-state index in [0.717, 1.165) is 5.82 Å². The van der Waals surface area contributed by atoms with Gasteiger partial charge in [0.2, 0.25) is 0 Å². The molecule has 0 bridgehead atoms. The van der Waals surface area contributed by atoms with E-state index < -0.39 is 0 Å². The number of hydrogen-bond acceptors (Lipinski definition) is 4.